The summed E-state index contributed by atoms with van der Waals surface area (Å²) >= 11 is 0. The average molecular weight is 430 g/mol. The summed E-state index contributed by atoms with van der Waals surface area (Å²) in [6, 6.07) is 18.0. The van der Waals surface area contributed by atoms with Crippen LogP contribution in [0.1, 0.15) is 49.4 Å². The van der Waals surface area contributed by atoms with Crippen LogP contribution in [0.5, 0.6) is 0 Å². The fraction of sp³-hybridized carbons (Fsp3) is 0.360. The number of amides is 2. The lowest BCUT2D eigenvalue weighted by Gasteiger charge is -2.31. The zero-order chi connectivity index (χ0) is 21.9. The lowest BCUT2D eigenvalue weighted by molar-refractivity contribution is -0.137. The number of piperidine rings is 1. The first kappa shape index (κ1) is 20.4. The van der Waals surface area contributed by atoms with Crippen LogP contribution in [0.4, 0.5) is 0 Å². The third kappa shape index (κ3) is 4.28. The molecule has 0 atom stereocenters. The van der Waals surface area contributed by atoms with Crippen molar-refractivity contribution in [1.82, 2.24) is 19.9 Å². The van der Waals surface area contributed by atoms with E-state index in [-0.39, 0.29) is 24.7 Å². The topological polar surface area (TPSA) is 81.7 Å². The van der Waals surface area contributed by atoms with E-state index in [0.29, 0.717) is 25.6 Å². The van der Waals surface area contributed by atoms with Crippen molar-refractivity contribution < 1.29 is 9.59 Å². The smallest absolute Gasteiger partial charge is 0.243 e. The largest absolute Gasteiger partial charge is 0.343 e. The number of nitrogens with zero attached hydrogens (tertiary/aromatic N) is 4. The minimum Gasteiger partial charge on any atom is -0.343 e. The van der Waals surface area contributed by atoms with E-state index in [1.54, 1.807) is 0 Å². The zero-order valence-corrected chi connectivity index (χ0v) is 18.0. The SMILES string of the molecule is O=C(CCC(=O)N1CCC(c2ccccc2)=N1)N1CCC(c2nc3ccccc3[nH]2)CC1. The first-order valence-electron chi connectivity index (χ1n) is 11.3. The van der Waals surface area contributed by atoms with Crippen molar-refractivity contribution in [3.8, 4) is 0 Å². The van der Waals surface area contributed by atoms with Crippen LogP contribution < -0.4 is 0 Å². The van der Waals surface area contributed by atoms with Gasteiger partial charge in [-0.2, -0.15) is 5.10 Å². The molecule has 0 radical (unpaired) electrons. The van der Waals surface area contributed by atoms with E-state index in [2.05, 4.69) is 10.1 Å². The number of fused-ring (bicyclic) bond motifs is 1. The molecule has 2 aliphatic rings. The van der Waals surface area contributed by atoms with Crippen LogP contribution in [-0.2, 0) is 9.59 Å². The average Bonchev–Trinajstić information content (AvgIpc) is 3.51. The highest BCUT2D eigenvalue weighted by Crippen LogP contribution is 2.28. The highest BCUT2D eigenvalue weighted by Gasteiger charge is 2.27. The summed E-state index contributed by atoms with van der Waals surface area (Å²) < 4.78 is 0. The number of likely N-dealkylation sites (tertiary alicyclic amines) is 1. The van der Waals surface area contributed by atoms with Gasteiger partial charge >= 0.3 is 0 Å². The van der Waals surface area contributed by atoms with E-state index in [4.69, 9.17) is 4.98 Å². The number of H-pyrrole nitrogens is 1. The molecule has 1 aromatic heterocycles. The van der Waals surface area contributed by atoms with Crippen LogP contribution in [0.15, 0.2) is 59.7 Å². The summed E-state index contributed by atoms with van der Waals surface area (Å²) in [6.07, 6.45) is 2.96. The number of aromatic amines is 1. The lowest BCUT2D eigenvalue weighted by atomic mass is 9.96. The lowest BCUT2D eigenvalue weighted by Crippen LogP contribution is -2.38. The van der Waals surface area contributed by atoms with Crippen molar-refractivity contribution in [1.29, 1.82) is 0 Å². The Kier molecular flexibility index (Phi) is 5.71. The van der Waals surface area contributed by atoms with Gasteiger partial charge in [-0.3, -0.25) is 9.59 Å². The van der Waals surface area contributed by atoms with Crippen molar-refractivity contribution in [2.24, 2.45) is 5.10 Å². The number of carbonyl (C=O) groups is 2. The Morgan fingerprint density at radius 3 is 2.41 bits per heavy atom. The van der Waals surface area contributed by atoms with Crippen LogP contribution >= 0.6 is 0 Å². The number of aromatic nitrogens is 2. The molecular weight excluding hydrogens is 402 g/mol. The van der Waals surface area contributed by atoms with Gasteiger partial charge in [-0.1, -0.05) is 42.5 Å². The monoisotopic (exact) mass is 429 g/mol. The number of benzene rings is 2. The summed E-state index contributed by atoms with van der Waals surface area (Å²) in [5, 5.41) is 5.99. The van der Waals surface area contributed by atoms with Gasteiger partial charge in [0.2, 0.25) is 11.8 Å². The molecule has 5 rings (SSSR count). The van der Waals surface area contributed by atoms with E-state index in [1.165, 1.54) is 5.01 Å². The second-order valence-corrected chi connectivity index (χ2v) is 8.47. The molecule has 1 N–H and O–H groups in total. The second kappa shape index (κ2) is 8.94. The van der Waals surface area contributed by atoms with E-state index in [1.807, 2.05) is 59.5 Å². The summed E-state index contributed by atoms with van der Waals surface area (Å²) in [5.74, 6) is 1.31. The maximum absolute atomic E-state index is 12.7. The van der Waals surface area contributed by atoms with Gasteiger partial charge in [-0.15, -0.1) is 0 Å². The van der Waals surface area contributed by atoms with Crippen LogP contribution in [0.25, 0.3) is 11.0 Å². The van der Waals surface area contributed by atoms with Crippen LogP contribution in [0, 0.1) is 0 Å². The molecule has 164 valence electrons. The quantitative estimate of drug-likeness (QED) is 0.672. The molecule has 7 nitrogen and oxygen atoms in total. The molecule has 0 unspecified atom stereocenters. The Morgan fingerprint density at radius 2 is 1.62 bits per heavy atom. The Balaban J connectivity index is 1.10. The summed E-state index contributed by atoms with van der Waals surface area (Å²) in [5.41, 5.74) is 4.02. The molecule has 2 aliphatic heterocycles. The highest BCUT2D eigenvalue weighted by molar-refractivity contribution is 6.02. The molecule has 3 aromatic rings. The van der Waals surface area contributed by atoms with Crippen molar-refractivity contribution in [3.63, 3.8) is 0 Å². The van der Waals surface area contributed by atoms with Gasteiger partial charge < -0.3 is 9.88 Å². The van der Waals surface area contributed by atoms with Crippen LogP contribution in [0.3, 0.4) is 0 Å². The number of imidazole rings is 1. The fourth-order valence-electron chi connectivity index (χ4n) is 4.54. The maximum Gasteiger partial charge on any atom is 0.243 e. The van der Waals surface area contributed by atoms with Crippen molar-refractivity contribution in [2.45, 2.75) is 38.0 Å². The minimum absolute atomic E-state index is 0.0489. The molecule has 0 saturated carbocycles. The van der Waals surface area contributed by atoms with Crippen molar-refractivity contribution >= 4 is 28.6 Å². The van der Waals surface area contributed by atoms with Gasteiger partial charge in [0.15, 0.2) is 0 Å². The summed E-state index contributed by atoms with van der Waals surface area (Å²) in [4.78, 5) is 35.3. The van der Waals surface area contributed by atoms with E-state index < -0.39 is 0 Å². The van der Waals surface area contributed by atoms with E-state index in [9.17, 15) is 9.59 Å². The predicted molar refractivity (Wildman–Crippen MR) is 123 cm³/mol. The fourth-order valence-corrected chi connectivity index (χ4v) is 4.54. The molecular formula is C25H27N5O2. The van der Waals surface area contributed by atoms with Gasteiger partial charge in [-0.05, 0) is 30.5 Å². The van der Waals surface area contributed by atoms with Gasteiger partial charge in [0.25, 0.3) is 0 Å². The first-order chi connectivity index (χ1) is 15.7. The van der Waals surface area contributed by atoms with Crippen molar-refractivity contribution in [3.05, 3.63) is 66.0 Å². The third-order valence-electron chi connectivity index (χ3n) is 6.39. The molecule has 2 amide bonds. The molecule has 3 heterocycles. The number of para-hydroxylation sites is 2. The first-order valence-corrected chi connectivity index (χ1v) is 11.3. The van der Waals surface area contributed by atoms with Gasteiger partial charge in [0.05, 0.1) is 23.3 Å². The molecule has 7 heteroatoms. The number of nitrogens with one attached hydrogen (secondary N) is 1. The normalized spacial score (nSPS) is 17.1. The maximum atomic E-state index is 12.7. The van der Waals surface area contributed by atoms with Gasteiger partial charge in [-0.25, -0.2) is 9.99 Å². The Hall–Kier alpha value is -3.48. The number of rotatable bonds is 5. The standard InChI is InChI=1S/C25H27N5O2/c31-23(10-11-24(32)30-17-14-20(28-30)18-6-2-1-3-7-18)29-15-12-19(13-16-29)25-26-21-8-4-5-9-22(21)27-25/h1-9,19H,10-17H2,(H,26,27). The Labute approximate surface area is 187 Å². The van der Waals surface area contributed by atoms with Crippen LogP contribution in [-0.4, -0.2) is 57.0 Å². The second-order valence-electron chi connectivity index (χ2n) is 8.47. The van der Waals surface area contributed by atoms with Gasteiger partial charge in [0, 0.05) is 38.3 Å². The van der Waals surface area contributed by atoms with Crippen LogP contribution in [0.2, 0.25) is 0 Å². The number of hydrogen-bond donors (Lipinski definition) is 1. The summed E-state index contributed by atoms with van der Waals surface area (Å²) in [7, 11) is 0. The molecule has 2 aromatic carbocycles. The van der Waals surface area contributed by atoms with E-state index in [0.717, 1.165) is 47.4 Å². The molecule has 0 aliphatic carbocycles. The molecule has 32 heavy (non-hydrogen) atoms. The number of hydrazone groups is 1. The molecule has 0 bridgehead atoms. The molecule has 1 saturated heterocycles. The minimum atomic E-state index is -0.0820. The number of hydrogen-bond acceptors (Lipinski definition) is 4. The predicted octanol–water partition coefficient (Wildman–Crippen LogP) is 3.69. The Morgan fingerprint density at radius 1 is 0.906 bits per heavy atom. The van der Waals surface area contributed by atoms with Gasteiger partial charge in [0.1, 0.15) is 5.82 Å². The zero-order valence-electron chi connectivity index (χ0n) is 18.0. The van der Waals surface area contributed by atoms with E-state index >= 15 is 0 Å². The number of carbonyl (C=O) groups excluding carboxylic acids is 2. The molecule has 1 fully saturated rings. The molecule has 0 spiro atoms. The van der Waals surface area contributed by atoms with Crippen molar-refractivity contribution in [2.75, 3.05) is 19.6 Å². The highest BCUT2D eigenvalue weighted by atomic mass is 16.2. The third-order valence-corrected chi connectivity index (χ3v) is 6.39. The Bertz CT molecular complexity index is 1110. The summed E-state index contributed by atoms with van der Waals surface area (Å²) in [6.45, 7) is 1.99.